The van der Waals surface area contributed by atoms with Gasteiger partial charge in [-0.1, -0.05) is 94.4 Å². The van der Waals surface area contributed by atoms with Crippen LogP contribution in [0, 0.1) is 0 Å². The predicted octanol–water partition coefficient (Wildman–Crippen LogP) is 5.94. The molecule has 0 bridgehead atoms. The van der Waals surface area contributed by atoms with Crippen LogP contribution in [0.25, 0.3) is 0 Å². The molecule has 0 spiro atoms. The molecule has 2 heterocycles. The molecule has 1 aromatic carbocycles. The van der Waals surface area contributed by atoms with Crippen molar-refractivity contribution in [3.63, 3.8) is 0 Å². The van der Waals surface area contributed by atoms with Gasteiger partial charge >= 0.3 is 0 Å². The number of hydrogen-bond acceptors (Lipinski definition) is 5. The lowest BCUT2D eigenvalue weighted by molar-refractivity contribution is -0.366. The normalized spacial score (nSPS) is 28.9. The third kappa shape index (κ3) is 6.67. The summed E-state index contributed by atoms with van der Waals surface area (Å²) in [5.41, 5.74) is -0.766. The van der Waals surface area contributed by atoms with E-state index in [0.29, 0.717) is 19.8 Å². The van der Waals surface area contributed by atoms with Crippen LogP contribution in [0.3, 0.4) is 0 Å². The molecule has 0 unspecified atom stereocenters. The molecule has 3 rings (SSSR count). The van der Waals surface area contributed by atoms with E-state index in [-0.39, 0.29) is 6.61 Å². The van der Waals surface area contributed by atoms with Crippen molar-refractivity contribution in [1.82, 2.24) is 0 Å². The number of unbranched alkanes of at least 4 members (excludes halogenated alkanes) is 8. The maximum Gasteiger partial charge on any atom is 0.164 e. The van der Waals surface area contributed by atoms with Gasteiger partial charge in [0.15, 0.2) is 11.4 Å². The number of aliphatic hydroxyl groups excluding tert-OH is 1. The summed E-state index contributed by atoms with van der Waals surface area (Å²) in [7, 11) is 0. The number of aliphatic hydroxyl groups is 1. The van der Waals surface area contributed by atoms with E-state index < -0.39 is 23.1 Å². The fourth-order valence-electron chi connectivity index (χ4n) is 4.95. The van der Waals surface area contributed by atoms with Gasteiger partial charge in [-0.2, -0.15) is 0 Å². The van der Waals surface area contributed by atoms with Crippen molar-refractivity contribution >= 4 is 0 Å². The lowest BCUT2D eigenvalue weighted by atomic mass is 9.79. The standard InChI is InChI=1S/C28H44O5/c1-4-5-6-7-8-9-10-11-12-16-19-27-23-32-26(2,3)33-28(27,22-29)25(21-31-27)30-20-24-17-14-13-15-18-24/h13-19,25,29H,4-12,20-23H2,1-3H3/b19-16+/t25-,27+,28+/m1/s1. The Morgan fingerprint density at radius 1 is 1.00 bits per heavy atom. The second kappa shape index (κ2) is 12.5. The Morgan fingerprint density at radius 3 is 2.39 bits per heavy atom. The second-order valence-electron chi connectivity index (χ2n) is 9.99. The topological polar surface area (TPSA) is 57.2 Å². The molecule has 0 aliphatic carbocycles. The van der Waals surface area contributed by atoms with Gasteiger partial charge in [0.25, 0.3) is 0 Å². The summed E-state index contributed by atoms with van der Waals surface area (Å²) >= 11 is 0. The third-order valence-corrected chi connectivity index (χ3v) is 6.93. The maximum absolute atomic E-state index is 10.6. The molecule has 2 aliphatic rings. The van der Waals surface area contributed by atoms with E-state index >= 15 is 0 Å². The van der Waals surface area contributed by atoms with Gasteiger partial charge in [0, 0.05) is 0 Å². The summed E-state index contributed by atoms with van der Waals surface area (Å²) < 4.78 is 25.0. The van der Waals surface area contributed by atoms with Gasteiger partial charge in [0.1, 0.15) is 11.7 Å². The predicted molar refractivity (Wildman–Crippen MR) is 131 cm³/mol. The fraction of sp³-hybridized carbons (Fsp3) is 0.714. The second-order valence-corrected chi connectivity index (χ2v) is 9.99. The van der Waals surface area contributed by atoms with Gasteiger partial charge < -0.3 is 24.1 Å². The number of hydrogen-bond donors (Lipinski definition) is 1. The first-order chi connectivity index (χ1) is 16.0. The highest BCUT2D eigenvalue weighted by Crippen LogP contribution is 2.48. The average molecular weight is 461 g/mol. The van der Waals surface area contributed by atoms with Gasteiger partial charge in [0.2, 0.25) is 0 Å². The minimum Gasteiger partial charge on any atom is -0.393 e. The summed E-state index contributed by atoms with van der Waals surface area (Å²) in [6.07, 6.45) is 15.2. The molecule has 3 atom stereocenters. The number of allylic oxidation sites excluding steroid dienone is 1. The van der Waals surface area contributed by atoms with Crippen LogP contribution in [0.2, 0.25) is 0 Å². The zero-order valence-electron chi connectivity index (χ0n) is 20.9. The highest BCUT2D eigenvalue weighted by atomic mass is 16.8. The molecule has 2 saturated heterocycles. The van der Waals surface area contributed by atoms with Crippen molar-refractivity contribution in [2.75, 3.05) is 19.8 Å². The van der Waals surface area contributed by atoms with Crippen LogP contribution in [0.4, 0.5) is 0 Å². The quantitative estimate of drug-likeness (QED) is 0.275. The Morgan fingerprint density at radius 2 is 1.70 bits per heavy atom. The maximum atomic E-state index is 10.6. The third-order valence-electron chi connectivity index (χ3n) is 6.93. The van der Waals surface area contributed by atoms with Crippen LogP contribution in [0.5, 0.6) is 0 Å². The molecule has 1 N–H and O–H groups in total. The molecular weight excluding hydrogens is 416 g/mol. The van der Waals surface area contributed by atoms with Crippen molar-refractivity contribution in [3.05, 3.63) is 48.0 Å². The van der Waals surface area contributed by atoms with Crippen LogP contribution in [0.1, 0.15) is 84.1 Å². The monoisotopic (exact) mass is 460 g/mol. The van der Waals surface area contributed by atoms with Gasteiger partial charge in [-0.05, 0) is 32.3 Å². The largest absolute Gasteiger partial charge is 0.393 e. The number of ether oxygens (including phenoxy) is 4. The zero-order valence-corrected chi connectivity index (χ0v) is 20.9. The first kappa shape index (κ1) is 26.4. The van der Waals surface area contributed by atoms with Crippen molar-refractivity contribution < 1.29 is 24.1 Å². The van der Waals surface area contributed by atoms with E-state index in [9.17, 15) is 5.11 Å². The molecule has 0 radical (unpaired) electrons. The first-order valence-corrected chi connectivity index (χ1v) is 12.9. The average Bonchev–Trinajstić information content (AvgIpc) is 3.12. The Kier molecular flexibility index (Phi) is 9.95. The molecular formula is C28H44O5. The van der Waals surface area contributed by atoms with E-state index in [4.69, 9.17) is 18.9 Å². The van der Waals surface area contributed by atoms with Crippen LogP contribution < -0.4 is 0 Å². The molecule has 33 heavy (non-hydrogen) atoms. The lowest BCUT2D eigenvalue weighted by Gasteiger charge is -2.52. The van der Waals surface area contributed by atoms with Crippen LogP contribution >= 0.6 is 0 Å². The Hall–Kier alpha value is -1.24. The van der Waals surface area contributed by atoms with Gasteiger partial charge in [-0.3, -0.25) is 0 Å². The first-order valence-electron chi connectivity index (χ1n) is 12.9. The molecule has 0 saturated carbocycles. The Labute approximate surface area is 200 Å². The molecule has 0 aromatic heterocycles. The van der Waals surface area contributed by atoms with Crippen LogP contribution in [-0.2, 0) is 25.6 Å². The van der Waals surface area contributed by atoms with Crippen LogP contribution in [-0.4, -0.2) is 48.0 Å². The molecule has 5 heteroatoms. The Balaban J connectivity index is 1.59. The van der Waals surface area contributed by atoms with Gasteiger partial charge in [-0.25, -0.2) is 0 Å². The number of rotatable bonds is 14. The lowest BCUT2D eigenvalue weighted by Crippen LogP contribution is -2.69. The van der Waals surface area contributed by atoms with Gasteiger partial charge in [0.05, 0.1) is 26.4 Å². The molecule has 2 aliphatic heterocycles. The van der Waals surface area contributed by atoms with E-state index in [1.807, 2.05) is 44.2 Å². The summed E-state index contributed by atoms with van der Waals surface area (Å²) in [6, 6.07) is 10.1. The van der Waals surface area contributed by atoms with E-state index in [0.717, 1.165) is 18.4 Å². The van der Waals surface area contributed by atoms with Crippen molar-refractivity contribution in [2.45, 2.75) is 108 Å². The minimum atomic E-state index is -1.00. The highest BCUT2D eigenvalue weighted by Gasteiger charge is 2.67. The Bertz CT molecular complexity index is 718. The zero-order chi connectivity index (χ0) is 23.6. The summed E-state index contributed by atoms with van der Waals surface area (Å²) in [5.74, 6) is -0.820. The summed E-state index contributed by atoms with van der Waals surface area (Å²) in [6.45, 7) is 6.96. The number of benzene rings is 1. The van der Waals surface area contributed by atoms with Crippen molar-refractivity contribution in [1.29, 1.82) is 0 Å². The van der Waals surface area contributed by atoms with E-state index in [1.165, 1.54) is 44.9 Å². The minimum absolute atomic E-state index is 0.193. The summed E-state index contributed by atoms with van der Waals surface area (Å²) in [4.78, 5) is 0. The smallest absolute Gasteiger partial charge is 0.164 e. The molecule has 1 aromatic rings. The molecule has 186 valence electrons. The molecule has 0 amide bonds. The SMILES string of the molecule is CCCCCCCCCC/C=C/[C@]12COC(C)(C)O[C@@]1(CO)[C@H](OCc1ccccc1)CO2. The van der Waals surface area contributed by atoms with E-state index in [2.05, 4.69) is 19.1 Å². The van der Waals surface area contributed by atoms with Crippen LogP contribution in [0.15, 0.2) is 42.5 Å². The summed E-state index contributed by atoms with van der Waals surface area (Å²) in [5, 5.41) is 10.6. The van der Waals surface area contributed by atoms with Gasteiger partial charge in [-0.15, -0.1) is 0 Å². The fourth-order valence-corrected chi connectivity index (χ4v) is 4.95. The molecule has 2 fully saturated rings. The molecule has 5 nitrogen and oxygen atoms in total. The van der Waals surface area contributed by atoms with Crippen molar-refractivity contribution in [2.24, 2.45) is 0 Å². The van der Waals surface area contributed by atoms with E-state index in [1.54, 1.807) is 0 Å². The van der Waals surface area contributed by atoms with Crippen molar-refractivity contribution in [3.8, 4) is 0 Å². The number of fused-ring (bicyclic) bond motifs is 1. The highest BCUT2D eigenvalue weighted by molar-refractivity contribution is 5.23.